The number of para-hydroxylation sites is 1. The molecule has 2 aromatic carbocycles. The van der Waals surface area contributed by atoms with Crippen LogP contribution >= 0.6 is 0 Å². The highest BCUT2D eigenvalue weighted by Crippen LogP contribution is 2.39. The van der Waals surface area contributed by atoms with Gasteiger partial charge < -0.3 is 14.5 Å². The number of methoxy groups -OCH3 is 1. The minimum atomic E-state index is -0.443. The molecular weight excluding hydrogens is 386 g/mol. The third kappa shape index (κ3) is 4.48. The lowest BCUT2D eigenvalue weighted by atomic mass is 9.96. The van der Waals surface area contributed by atoms with Gasteiger partial charge in [-0.15, -0.1) is 0 Å². The van der Waals surface area contributed by atoms with E-state index >= 15 is 0 Å². The van der Waals surface area contributed by atoms with Gasteiger partial charge in [0.05, 0.1) is 17.6 Å². The van der Waals surface area contributed by atoms with Crippen LogP contribution in [-0.2, 0) is 9.59 Å². The van der Waals surface area contributed by atoms with E-state index in [1.54, 1.807) is 52.3 Å². The smallest absolute Gasteiger partial charge is 0.277 e. The van der Waals surface area contributed by atoms with Crippen LogP contribution in [0.5, 0.6) is 5.75 Å². The lowest BCUT2D eigenvalue weighted by Gasteiger charge is -2.33. The average molecular weight is 409 g/mol. The molecule has 0 atom stereocenters. The van der Waals surface area contributed by atoms with Crippen LogP contribution in [0.15, 0.2) is 48.5 Å². The summed E-state index contributed by atoms with van der Waals surface area (Å²) in [5, 5.41) is 11.7. The number of nitro groups is 1. The first-order valence-corrected chi connectivity index (χ1v) is 9.55. The zero-order valence-corrected chi connectivity index (χ0v) is 16.9. The van der Waals surface area contributed by atoms with E-state index in [9.17, 15) is 19.7 Å². The fraction of sp³-hybridized carbons (Fsp3) is 0.273. The Hall–Kier alpha value is -3.68. The van der Waals surface area contributed by atoms with E-state index in [1.807, 2.05) is 0 Å². The van der Waals surface area contributed by atoms with Gasteiger partial charge in [0.25, 0.3) is 5.69 Å². The van der Waals surface area contributed by atoms with Crippen LogP contribution in [-0.4, -0.2) is 59.8 Å². The first-order valence-electron chi connectivity index (χ1n) is 9.55. The van der Waals surface area contributed by atoms with Gasteiger partial charge in [0.1, 0.15) is 5.75 Å². The van der Waals surface area contributed by atoms with Crippen molar-refractivity contribution >= 4 is 23.6 Å². The molecule has 1 saturated heterocycles. The van der Waals surface area contributed by atoms with Crippen LogP contribution in [0.25, 0.3) is 17.2 Å². The first-order chi connectivity index (χ1) is 14.4. The maximum Gasteiger partial charge on any atom is 0.277 e. The predicted molar refractivity (Wildman–Crippen MR) is 113 cm³/mol. The Labute approximate surface area is 174 Å². The fourth-order valence-corrected chi connectivity index (χ4v) is 3.50. The Kier molecular flexibility index (Phi) is 6.46. The second-order valence-corrected chi connectivity index (χ2v) is 6.86. The zero-order valence-electron chi connectivity index (χ0n) is 16.9. The van der Waals surface area contributed by atoms with Gasteiger partial charge in [0.2, 0.25) is 11.8 Å². The molecule has 156 valence electrons. The van der Waals surface area contributed by atoms with Gasteiger partial charge in [0, 0.05) is 50.8 Å². The molecule has 1 aliphatic rings. The maximum absolute atomic E-state index is 12.6. The van der Waals surface area contributed by atoms with Crippen molar-refractivity contribution in [3.05, 3.63) is 64.2 Å². The molecule has 0 bridgehead atoms. The highest BCUT2D eigenvalue weighted by atomic mass is 16.6. The number of ether oxygens (including phenoxy) is 1. The van der Waals surface area contributed by atoms with Gasteiger partial charge in [-0.25, -0.2) is 0 Å². The second-order valence-electron chi connectivity index (χ2n) is 6.86. The molecule has 0 N–H and O–H groups in total. The van der Waals surface area contributed by atoms with E-state index in [0.29, 0.717) is 48.6 Å². The van der Waals surface area contributed by atoms with E-state index < -0.39 is 4.92 Å². The van der Waals surface area contributed by atoms with E-state index in [-0.39, 0.29) is 17.5 Å². The van der Waals surface area contributed by atoms with Gasteiger partial charge in [-0.1, -0.05) is 30.3 Å². The van der Waals surface area contributed by atoms with Gasteiger partial charge >= 0.3 is 0 Å². The lowest BCUT2D eigenvalue weighted by molar-refractivity contribution is -0.384. The third-order valence-electron chi connectivity index (χ3n) is 5.09. The number of piperazine rings is 1. The topological polar surface area (TPSA) is 93.0 Å². The number of nitro benzene ring substituents is 1. The molecule has 1 heterocycles. The summed E-state index contributed by atoms with van der Waals surface area (Å²) in [7, 11) is 1.51. The minimum absolute atomic E-state index is 0.00399. The summed E-state index contributed by atoms with van der Waals surface area (Å²) in [5.41, 5.74) is 1.45. The Bertz CT molecular complexity index is 994. The molecule has 0 saturated carbocycles. The number of hydrogen-bond acceptors (Lipinski definition) is 5. The summed E-state index contributed by atoms with van der Waals surface area (Å²) in [6.07, 6.45) is 3.01. The van der Waals surface area contributed by atoms with Gasteiger partial charge in [-0.2, -0.15) is 0 Å². The highest BCUT2D eigenvalue weighted by molar-refractivity contribution is 5.95. The predicted octanol–water partition coefficient (Wildman–Crippen LogP) is 2.97. The molecule has 0 aliphatic carbocycles. The van der Waals surface area contributed by atoms with Crippen molar-refractivity contribution in [3.8, 4) is 16.9 Å². The van der Waals surface area contributed by atoms with Gasteiger partial charge in [0.15, 0.2) is 0 Å². The van der Waals surface area contributed by atoms with Gasteiger partial charge in [-0.05, 0) is 17.7 Å². The van der Waals surface area contributed by atoms with Crippen molar-refractivity contribution in [1.82, 2.24) is 9.80 Å². The Morgan fingerprint density at radius 2 is 1.70 bits per heavy atom. The minimum Gasteiger partial charge on any atom is -0.496 e. The quantitative estimate of drug-likeness (QED) is 0.430. The van der Waals surface area contributed by atoms with Crippen LogP contribution < -0.4 is 4.74 Å². The Balaban J connectivity index is 1.91. The van der Waals surface area contributed by atoms with E-state index in [1.165, 1.54) is 26.2 Å². The summed E-state index contributed by atoms with van der Waals surface area (Å²) < 4.78 is 5.39. The molecule has 0 unspecified atom stereocenters. The summed E-state index contributed by atoms with van der Waals surface area (Å²) in [4.78, 5) is 38.6. The van der Waals surface area contributed by atoms with E-state index in [0.717, 1.165) is 0 Å². The molecule has 2 aromatic rings. The maximum atomic E-state index is 12.6. The largest absolute Gasteiger partial charge is 0.496 e. The third-order valence-corrected chi connectivity index (χ3v) is 5.09. The van der Waals surface area contributed by atoms with Crippen LogP contribution in [0.4, 0.5) is 5.69 Å². The van der Waals surface area contributed by atoms with Crippen molar-refractivity contribution in [2.24, 2.45) is 0 Å². The molecule has 0 spiro atoms. The number of nitrogens with zero attached hydrogens (tertiary/aromatic N) is 3. The molecule has 8 heteroatoms. The van der Waals surface area contributed by atoms with Crippen LogP contribution in [0, 0.1) is 10.1 Å². The van der Waals surface area contributed by atoms with Crippen LogP contribution in [0.3, 0.4) is 0 Å². The molecule has 8 nitrogen and oxygen atoms in total. The summed E-state index contributed by atoms with van der Waals surface area (Å²) >= 11 is 0. The Morgan fingerprint density at radius 3 is 2.33 bits per heavy atom. The molecule has 3 rings (SSSR count). The second kappa shape index (κ2) is 9.21. The standard InChI is InChI=1S/C22H23N3O5/c1-16(26)23-12-14-24(15-13-23)21(27)11-10-17-6-5-8-19(25(28)29)22(17)18-7-3-4-9-20(18)30-2/h3-11H,12-15H2,1-2H3/b11-10+. The molecule has 1 aliphatic heterocycles. The van der Waals surface area contributed by atoms with Crippen molar-refractivity contribution in [2.45, 2.75) is 6.92 Å². The summed E-state index contributed by atoms with van der Waals surface area (Å²) in [5.74, 6) is 0.305. The zero-order chi connectivity index (χ0) is 21.7. The number of rotatable bonds is 5. The molecule has 0 aromatic heterocycles. The monoisotopic (exact) mass is 409 g/mol. The first kappa shape index (κ1) is 21.0. The van der Waals surface area contributed by atoms with Crippen molar-refractivity contribution in [1.29, 1.82) is 0 Å². The van der Waals surface area contributed by atoms with E-state index in [2.05, 4.69) is 0 Å². The molecular formula is C22H23N3O5. The normalized spacial score (nSPS) is 14.1. The van der Waals surface area contributed by atoms with Crippen molar-refractivity contribution < 1.29 is 19.2 Å². The number of amides is 2. The van der Waals surface area contributed by atoms with E-state index in [4.69, 9.17) is 4.74 Å². The molecule has 2 amide bonds. The number of carbonyl (C=O) groups is 2. The lowest BCUT2D eigenvalue weighted by Crippen LogP contribution is -2.49. The van der Waals surface area contributed by atoms with Crippen molar-refractivity contribution in [2.75, 3.05) is 33.3 Å². The van der Waals surface area contributed by atoms with Gasteiger partial charge in [-0.3, -0.25) is 19.7 Å². The molecule has 1 fully saturated rings. The number of benzene rings is 2. The molecule has 30 heavy (non-hydrogen) atoms. The highest BCUT2D eigenvalue weighted by Gasteiger charge is 2.23. The van der Waals surface area contributed by atoms with Crippen LogP contribution in [0.1, 0.15) is 12.5 Å². The average Bonchev–Trinajstić information content (AvgIpc) is 2.77. The SMILES string of the molecule is COc1ccccc1-c1c(/C=C/C(=O)N2CCN(C(C)=O)CC2)cccc1[N+](=O)[O-]. The molecule has 0 radical (unpaired) electrons. The fourth-order valence-electron chi connectivity index (χ4n) is 3.50. The van der Waals surface area contributed by atoms with Crippen molar-refractivity contribution in [3.63, 3.8) is 0 Å². The van der Waals surface area contributed by atoms with Crippen LogP contribution in [0.2, 0.25) is 0 Å². The summed E-state index contributed by atoms with van der Waals surface area (Å²) in [6.45, 7) is 3.42. The Morgan fingerprint density at radius 1 is 1.03 bits per heavy atom. The number of carbonyl (C=O) groups excluding carboxylic acids is 2. The number of hydrogen-bond donors (Lipinski definition) is 0. The summed E-state index contributed by atoms with van der Waals surface area (Å²) in [6, 6.07) is 11.8.